The molecule has 2 aromatic rings. The molecule has 0 spiro atoms. The first kappa shape index (κ1) is 15.9. The van der Waals surface area contributed by atoms with Gasteiger partial charge in [-0.2, -0.15) is 18.0 Å². The summed E-state index contributed by atoms with van der Waals surface area (Å²) in [6.45, 7) is 0.211. The maximum absolute atomic E-state index is 12.4. The largest absolute Gasteiger partial charge is 0.406 e. The lowest BCUT2D eigenvalue weighted by Crippen LogP contribution is -2.38. The molecule has 0 aliphatic heterocycles. The van der Waals surface area contributed by atoms with Crippen LogP contribution in [0.15, 0.2) is 24.3 Å². The average molecular weight is 313 g/mol. The summed E-state index contributed by atoms with van der Waals surface area (Å²) in [6.07, 6.45) is -4.42. The van der Waals surface area contributed by atoms with E-state index in [1.165, 1.54) is 23.9 Å². The number of rotatable bonds is 4. The van der Waals surface area contributed by atoms with Gasteiger partial charge in [-0.3, -0.25) is 4.79 Å². The zero-order valence-corrected chi connectivity index (χ0v) is 12.0. The van der Waals surface area contributed by atoms with E-state index in [9.17, 15) is 18.0 Å². The van der Waals surface area contributed by atoms with E-state index >= 15 is 0 Å². The van der Waals surface area contributed by atoms with Gasteiger partial charge in [0, 0.05) is 17.7 Å². The third-order valence-corrected chi connectivity index (χ3v) is 2.94. The van der Waals surface area contributed by atoms with Crippen LogP contribution in [0.25, 0.3) is 11.4 Å². The first-order valence-corrected chi connectivity index (χ1v) is 6.50. The summed E-state index contributed by atoms with van der Waals surface area (Å²) in [4.78, 5) is 14.1. The molecule has 1 aromatic heterocycles. The molecule has 0 unspecified atom stereocenters. The number of carbonyl (C=O) groups is 1. The number of benzene rings is 1. The third-order valence-electron chi connectivity index (χ3n) is 2.94. The molecule has 0 atom stereocenters. The summed E-state index contributed by atoms with van der Waals surface area (Å²) < 4.78 is 37.3. The van der Waals surface area contributed by atoms with E-state index in [-0.39, 0.29) is 12.1 Å². The van der Waals surface area contributed by atoms with Crippen molar-refractivity contribution in [2.75, 3.05) is 13.1 Å². The van der Waals surface area contributed by atoms with Gasteiger partial charge in [0.25, 0.3) is 5.91 Å². The number of nitrogens with zero attached hydrogens (tertiary/aromatic N) is 5. The van der Waals surface area contributed by atoms with Crippen LogP contribution in [0.5, 0.6) is 0 Å². The Morgan fingerprint density at radius 2 is 1.91 bits per heavy atom. The smallest absolute Gasteiger partial charge is 0.330 e. The number of halogens is 3. The molecule has 0 saturated heterocycles. The highest BCUT2D eigenvalue weighted by molar-refractivity contribution is 5.94. The summed E-state index contributed by atoms with van der Waals surface area (Å²) in [5.74, 6) is -0.289. The van der Waals surface area contributed by atoms with Crippen LogP contribution in [-0.4, -0.2) is 50.3 Å². The normalized spacial score (nSPS) is 11.5. The second kappa shape index (κ2) is 6.12. The van der Waals surface area contributed by atoms with Crippen molar-refractivity contribution in [3.63, 3.8) is 0 Å². The number of carbonyl (C=O) groups excluding carboxylic acids is 1. The van der Waals surface area contributed by atoms with Crippen LogP contribution in [0.1, 0.15) is 17.3 Å². The summed E-state index contributed by atoms with van der Waals surface area (Å²) >= 11 is 0. The van der Waals surface area contributed by atoms with Gasteiger partial charge in [0.1, 0.15) is 6.54 Å². The molecular weight excluding hydrogens is 299 g/mol. The van der Waals surface area contributed by atoms with Crippen molar-refractivity contribution in [1.29, 1.82) is 0 Å². The zero-order valence-electron chi connectivity index (χ0n) is 12.0. The molecule has 1 amide bonds. The molecule has 0 aliphatic rings. The van der Waals surface area contributed by atoms with Gasteiger partial charge in [0.15, 0.2) is 0 Å². The highest BCUT2D eigenvalue weighted by atomic mass is 19.4. The Morgan fingerprint density at radius 3 is 2.36 bits per heavy atom. The van der Waals surface area contributed by atoms with Gasteiger partial charge in [-0.1, -0.05) is 12.1 Å². The van der Waals surface area contributed by atoms with Crippen molar-refractivity contribution in [1.82, 2.24) is 25.1 Å². The Hall–Kier alpha value is -2.45. The van der Waals surface area contributed by atoms with Gasteiger partial charge in [0.05, 0.1) is 7.05 Å². The molecule has 6 nitrogen and oxygen atoms in total. The van der Waals surface area contributed by atoms with E-state index < -0.39 is 18.6 Å². The van der Waals surface area contributed by atoms with Crippen LogP contribution >= 0.6 is 0 Å². The van der Waals surface area contributed by atoms with E-state index in [0.717, 1.165) is 4.90 Å². The van der Waals surface area contributed by atoms with Crippen LogP contribution in [0.4, 0.5) is 13.2 Å². The quantitative estimate of drug-likeness (QED) is 0.865. The lowest BCUT2D eigenvalue weighted by molar-refractivity contribution is -0.140. The van der Waals surface area contributed by atoms with Crippen molar-refractivity contribution in [3.8, 4) is 11.4 Å². The number of alkyl halides is 3. The van der Waals surface area contributed by atoms with Crippen LogP contribution in [0.2, 0.25) is 0 Å². The molecule has 0 radical (unpaired) electrons. The Bertz CT molecular complexity index is 650. The summed E-state index contributed by atoms with van der Waals surface area (Å²) in [5, 5.41) is 11.5. The number of aryl methyl sites for hydroxylation is 1. The number of hydrogen-bond acceptors (Lipinski definition) is 4. The standard InChI is InChI=1S/C13H14F3N5O/c1-3-21(8-13(14,15)16)12(22)10-6-4-9(5-7-10)11-17-19-20(2)18-11/h4-7H,3,8H2,1-2H3. The number of amides is 1. The molecule has 22 heavy (non-hydrogen) atoms. The topological polar surface area (TPSA) is 63.9 Å². The van der Waals surface area contributed by atoms with Gasteiger partial charge >= 0.3 is 6.18 Å². The first-order chi connectivity index (χ1) is 10.3. The number of tetrazole rings is 1. The van der Waals surface area contributed by atoms with E-state index in [0.29, 0.717) is 11.4 Å². The average Bonchev–Trinajstić information content (AvgIpc) is 2.90. The molecule has 1 aromatic carbocycles. The lowest BCUT2D eigenvalue weighted by Gasteiger charge is -2.22. The molecule has 1 heterocycles. The van der Waals surface area contributed by atoms with Gasteiger partial charge in [-0.15, -0.1) is 10.2 Å². The van der Waals surface area contributed by atoms with Crippen molar-refractivity contribution in [2.24, 2.45) is 7.05 Å². The Balaban J connectivity index is 2.17. The minimum absolute atomic E-state index is 0.0220. The first-order valence-electron chi connectivity index (χ1n) is 6.50. The van der Waals surface area contributed by atoms with Crippen LogP contribution < -0.4 is 0 Å². The molecule has 9 heteroatoms. The van der Waals surface area contributed by atoms with E-state index in [1.807, 2.05) is 0 Å². The van der Waals surface area contributed by atoms with Crippen LogP contribution in [-0.2, 0) is 7.05 Å². The van der Waals surface area contributed by atoms with Crippen molar-refractivity contribution < 1.29 is 18.0 Å². The lowest BCUT2D eigenvalue weighted by atomic mass is 10.1. The van der Waals surface area contributed by atoms with Gasteiger partial charge in [-0.25, -0.2) is 0 Å². The fourth-order valence-corrected chi connectivity index (χ4v) is 1.89. The summed E-state index contributed by atoms with van der Waals surface area (Å²) in [5.41, 5.74) is 0.808. The fourth-order valence-electron chi connectivity index (χ4n) is 1.89. The van der Waals surface area contributed by atoms with Crippen molar-refractivity contribution >= 4 is 5.91 Å². The van der Waals surface area contributed by atoms with Gasteiger partial charge < -0.3 is 4.90 Å². The van der Waals surface area contributed by atoms with Gasteiger partial charge in [0.2, 0.25) is 5.82 Å². The van der Waals surface area contributed by atoms with Crippen molar-refractivity contribution in [2.45, 2.75) is 13.1 Å². The SMILES string of the molecule is CCN(CC(F)(F)F)C(=O)c1ccc(-c2nnn(C)n2)cc1. The molecule has 0 N–H and O–H groups in total. The predicted octanol–water partition coefficient (Wildman–Crippen LogP) is 1.90. The highest BCUT2D eigenvalue weighted by Crippen LogP contribution is 2.19. The maximum Gasteiger partial charge on any atom is 0.406 e. The second-order valence-corrected chi connectivity index (χ2v) is 4.61. The van der Waals surface area contributed by atoms with E-state index in [1.54, 1.807) is 19.2 Å². The Morgan fingerprint density at radius 1 is 1.27 bits per heavy atom. The number of aromatic nitrogens is 4. The molecule has 0 bridgehead atoms. The molecule has 118 valence electrons. The maximum atomic E-state index is 12.4. The molecule has 2 rings (SSSR count). The number of hydrogen-bond donors (Lipinski definition) is 0. The zero-order chi connectivity index (χ0) is 16.3. The fraction of sp³-hybridized carbons (Fsp3) is 0.385. The van der Waals surface area contributed by atoms with Crippen LogP contribution in [0.3, 0.4) is 0 Å². The Kier molecular flexibility index (Phi) is 4.43. The minimum Gasteiger partial charge on any atom is -0.330 e. The van der Waals surface area contributed by atoms with Crippen LogP contribution in [0, 0.1) is 0 Å². The predicted molar refractivity (Wildman–Crippen MR) is 71.9 cm³/mol. The summed E-state index contributed by atoms with van der Waals surface area (Å²) in [7, 11) is 1.62. The molecule has 0 fully saturated rings. The van der Waals surface area contributed by atoms with E-state index in [4.69, 9.17) is 0 Å². The molecule has 0 aliphatic carbocycles. The third kappa shape index (κ3) is 3.80. The second-order valence-electron chi connectivity index (χ2n) is 4.61. The highest BCUT2D eigenvalue weighted by Gasteiger charge is 2.32. The Labute approximate surface area is 124 Å². The van der Waals surface area contributed by atoms with Crippen molar-refractivity contribution in [3.05, 3.63) is 29.8 Å². The summed E-state index contributed by atoms with van der Waals surface area (Å²) in [6, 6.07) is 6.05. The molecule has 0 saturated carbocycles. The minimum atomic E-state index is -4.42. The van der Waals surface area contributed by atoms with E-state index in [2.05, 4.69) is 15.4 Å². The van der Waals surface area contributed by atoms with Gasteiger partial charge in [-0.05, 0) is 24.3 Å². The molecular formula is C13H14F3N5O. The monoisotopic (exact) mass is 313 g/mol.